The Labute approximate surface area is 107 Å². The third-order valence-electron chi connectivity index (χ3n) is 3.03. The van der Waals surface area contributed by atoms with Crippen LogP contribution in [0.15, 0.2) is 48.8 Å². The summed E-state index contributed by atoms with van der Waals surface area (Å²) in [6.07, 6.45) is 3.60. The first-order chi connectivity index (χ1) is 8.66. The van der Waals surface area contributed by atoms with Crippen molar-refractivity contribution in [2.24, 2.45) is 0 Å². The molecular formula is C15H17FN2. The molecular weight excluding hydrogens is 227 g/mol. The molecule has 2 aromatic rings. The Morgan fingerprint density at radius 2 is 1.78 bits per heavy atom. The lowest BCUT2D eigenvalue weighted by Crippen LogP contribution is -2.22. The Morgan fingerprint density at radius 1 is 1.06 bits per heavy atom. The van der Waals surface area contributed by atoms with Crippen LogP contribution in [0.2, 0.25) is 0 Å². The number of halogens is 1. The zero-order valence-electron chi connectivity index (χ0n) is 10.6. The van der Waals surface area contributed by atoms with E-state index in [9.17, 15) is 4.39 Å². The number of hydrogen-bond donors (Lipinski definition) is 1. The van der Waals surface area contributed by atoms with Crippen LogP contribution in [0.4, 0.5) is 4.39 Å². The molecule has 0 bridgehead atoms. The topological polar surface area (TPSA) is 24.9 Å². The number of pyridine rings is 1. The van der Waals surface area contributed by atoms with Crippen LogP contribution in [0, 0.1) is 5.82 Å². The molecule has 1 N–H and O–H groups in total. The lowest BCUT2D eigenvalue weighted by Gasteiger charge is -2.20. The molecule has 0 amide bonds. The van der Waals surface area contributed by atoms with Crippen molar-refractivity contribution < 1.29 is 4.39 Å². The highest BCUT2D eigenvalue weighted by atomic mass is 19.1. The summed E-state index contributed by atoms with van der Waals surface area (Å²) in [5.74, 6) is -0.199. The lowest BCUT2D eigenvalue weighted by atomic mass is 10.1. The van der Waals surface area contributed by atoms with Gasteiger partial charge in [0, 0.05) is 24.5 Å². The van der Waals surface area contributed by atoms with Gasteiger partial charge in [-0.15, -0.1) is 0 Å². The van der Waals surface area contributed by atoms with Gasteiger partial charge in [0.2, 0.25) is 0 Å². The van der Waals surface area contributed by atoms with Crippen molar-refractivity contribution in [2.75, 3.05) is 0 Å². The van der Waals surface area contributed by atoms with Crippen LogP contribution in [-0.4, -0.2) is 4.98 Å². The van der Waals surface area contributed by atoms with Gasteiger partial charge in [-0.2, -0.15) is 0 Å². The molecule has 94 valence electrons. The second-order valence-corrected chi connectivity index (χ2v) is 4.45. The van der Waals surface area contributed by atoms with E-state index in [1.807, 2.05) is 31.3 Å². The summed E-state index contributed by atoms with van der Waals surface area (Å²) >= 11 is 0. The Balaban J connectivity index is 2.05. The maximum atomic E-state index is 13.2. The molecule has 0 aliphatic carbocycles. The number of benzene rings is 1. The van der Waals surface area contributed by atoms with Crippen molar-refractivity contribution in [3.05, 3.63) is 65.7 Å². The molecule has 0 spiro atoms. The zero-order chi connectivity index (χ0) is 13.0. The van der Waals surface area contributed by atoms with Crippen LogP contribution < -0.4 is 5.32 Å². The lowest BCUT2D eigenvalue weighted by molar-refractivity contribution is 0.491. The van der Waals surface area contributed by atoms with Crippen molar-refractivity contribution in [2.45, 2.75) is 25.9 Å². The molecule has 2 atom stereocenters. The Kier molecular flexibility index (Phi) is 4.05. The first kappa shape index (κ1) is 12.7. The summed E-state index contributed by atoms with van der Waals surface area (Å²) in [6.45, 7) is 4.11. The molecule has 0 aliphatic rings. The van der Waals surface area contributed by atoms with E-state index in [-0.39, 0.29) is 17.9 Å². The van der Waals surface area contributed by atoms with Gasteiger partial charge in [0.15, 0.2) is 0 Å². The van der Waals surface area contributed by atoms with Gasteiger partial charge in [-0.3, -0.25) is 4.98 Å². The molecule has 0 saturated carbocycles. The maximum absolute atomic E-state index is 13.2. The molecule has 1 aromatic carbocycles. The van der Waals surface area contributed by atoms with E-state index in [2.05, 4.69) is 17.2 Å². The van der Waals surface area contributed by atoms with E-state index < -0.39 is 0 Å². The summed E-state index contributed by atoms with van der Waals surface area (Å²) in [7, 11) is 0. The highest BCUT2D eigenvalue weighted by Gasteiger charge is 2.11. The number of rotatable bonds is 4. The molecule has 0 aliphatic heterocycles. The number of hydrogen-bond acceptors (Lipinski definition) is 2. The first-order valence-corrected chi connectivity index (χ1v) is 6.08. The summed E-state index contributed by atoms with van der Waals surface area (Å²) < 4.78 is 13.2. The van der Waals surface area contributed by atoms with E-state index in [0.717, 1.165) is 11.1 Å². The molecule has 2 nitrogen and oxygen atoms in total. The molecule has 0 fully saturated rings. The fraction of sp³-hybridized carbons (Fsp3) is 0.267. The molecule has 1 aromatic heterocycles. The first-order valence-electron chi connectivity index (χ1n) is 6.08. The molecule has 18 heavy (non-hydrogen) atoms. The van der Waals surface area contributed by atoms with Gasteiger partial charge < -0.3 is 5.32 Å². The van der Waals surface area contributed by atoms with Crippen LogP contribution in [0.5, 0.6) is 0 Å². The Morgan fingerprint density at radius 3 is 2.44 bits per heavy atom. The Hall–Kier alpha value is -1.74. The monoisotopic (exact) mass is 244 g/mol. The van der Waals surface area contributed by atoms with Gasteiger partial charge in [0.1, 0.15) is 5.82 Å². The molecule has 0 saturated heterocycles. The quantitative estimate of drug-likeness (QED) is 0.888. The summed E-state index contributed by atoms with van der Waals surface area (Å²) in [5, 5.41) is 3.43. The number of nitrogens with one attached hydrogen (secondary N) is 1. The van der Waals surface area contributed by atoms with Crippen molar-refractivity contribution in [3.63, 3.8) is 0 Å². The third-order valence-corrected chi connectivity index (χ3v) is 3.03. The predicted octanol–water partition coefficient (Wildman–Crippen LogP) is 3.63. The second kappa shape index (κ2) is 5.74. The predicted molar refractivity (Wildman–Crippen MR) is 70.6 cm³/mol. The zero-order valence-corrected chi connectivity index (χ0v) is 10.6. The van der Waals surface area contributed by atoms with Crippen molar-refractivity contribution in [1.29, 1.82) is 0 Å². The smallest absolute Gasteiger partial charge is 0.123 e. The van der Waals surface area contributed by atoms with Gasteiger partial charge in [0.05, 0.1) is 0 Å². The molecule has 0 radical (unpaired) electrons. The second-order valence-electron chi connectivity index (χ2n) is 4.45. The van der Waals surface area contributed by atoms with Crippen LogP contribution >= 0.6 is 0 Å². The summed E-state index contributed by atoms with van der Waals surface area (Å²) in [4.78, 5) is 4.10. The minimum atomic E-state index is -0.199. The van der Waals surface area contributed by atoms with Crippen molar-refractivity contribution >= 4 is 0 Å². The van der Waals surface area contributed by atoms with E-state index in [4.69, 9.17) is 0 Å². The Bertz CT molecular complexity index is 499. The molecule has 2 unspecified atom stereocenters. The fourth-order valence-electron chi connectivity index (χ4n) is 1.98. The van der Waals surface area contributed by atoms with Gasteiger partial charge in [0.25, 0.3) is 0 Å². The summed E-state index contributed by atoms with van der Waals surface area (Å²) in [5.41, 5.74) is 2.08. The van der Waals surface area contributed by atoms with Gasteiger partial charge >= 0.3 is 0 Å². The molecule has 1 heterocycles. The van der Waals surface area contributed by atoms with Gasteiger partial charge in [-0.25, -0.2) is 4.39 Å². The maximum Gasteiger partial charge on any atom is 0.123 e. The number of nitrogens with zero attached hydrogens (tertiary/aromatic N) is 1. The largest absolute Gasteiger partial charge is 0.304 e. The van der Waals surface area contributed by atoms with Crippen LogP contribution in [0.1, 0.15) is 37.1 Å². The van der Waals surface area contributed by atoms with Crippen LogP contribution in [0.25, 0.3) is 0 Å². The van der Waals surface area contributed by atoms with E-state index in [1.54, 1.807) is 18.3 Å². The summed E-state index contributed by atoms with van der Waals surface area (Å²) in [6, 6.07) is 10.9. The SMILES string of the molecule is CC(NC(C)c1cccc(F)c1)c1cccnc1. The number of aromatic nitrogens is 1. The normalized spacial score (nSPS) is 14.2. The minimum Gasteiger partial charge on any atom is -0.304 e. The van der Waals surface area contributed by atoms with Crippen molar-refractivity contribution in [1.82, 2.24) is 10.3 Å². The highest BCUT2D eigenvalue weighted by Crippen LogP contribution is 2.19. The van der Waals surface area contributed by atoms with Crippen LogP contribution in [0.3, 0.4) is 0 Å². The fourth-order valence-corrected chi connectivity index (χ4v) is 1.98. The minimum absolute atomic E-state index is 0.0934. The van der Waals surface area contributed by atoms with E-state index >= 15 is 0 Å². The standard InChI is InChI=1S/C15H17FN2/c1-11(13-5-3-7-15(16)9-13)18-12(2)14-6-4-8-17-10-14/h3-12,18H,1-2H3. The van der Waals surface area contributed by atoms with Crippen molar-refractivity contribution in [3.8, 4) is 0 Å². The third kappa shape index (κ3) is 3.14. The van der Waals surface area contributed by atoms with E-state index in [0.29, 0.717) is 0 Å². The average Bonchev–Trinajstić information content (AvgIpc) is 2.39. The molecule has 2 rings (SSSR count). The van der Waals surface area contributed by atoms with Gasteiger partial charge in [-0.1, -0.05) is 18.2 Å². The van der Waals surface area contributed by atoms with E-state index in [1.165, 1.54) is 6.07 Å². The van der Waals surface area contributed by atoms with Crippen LogP contribution in [-0.2, 0) is 0 Å². The van der Waals surface area contributed by atoms with Gasteiger partial charge in [-0.05, 0) is 43.2 Å². The average molecular weight is 244 g/mol. The molecule has 3 heteroatoms. The highest BCUT2D eigenvalue weighted by molar-refractivity contribution is 5.21.